The number of rotatable bonds is 4. The fraction of sp³-hybridized carbons (Fsp3) is 1.00. The van der Waals surface area contributed by atoms with E-state index in [0.29, 0.717) is 6.61 Å². The Kier molecular flexibility index (Phi) is 4.72. The van der Waals surface area contributed by atoms with Crippen LogP contribution < -0.4 is 0 Å². The first-order valence-corrected chi connectivity index (χ1v) is 3.39. The molecular formula is C7H16O2. The fourth-order valence-corrected chi connectivity index (χ4v) is 0.776. The van der Waals surface area contributed by atoms with Crippen molar-refractivity contribution < 1.29 is 9.84 Å². The maximum Gasteiger partial charge on any atom is 0.0585 e. The summed E-state index contributed by atoms with van der Waals surface area (Å²) in [5.74, 6) is 0.264. The molecular weight excluding hydrogens is 116 g/mol. The van der Waals surface area contributed by atoms with E-state index >= 15 is 0 Å². The monoisotopic (exact) mass is 132 g/mol. The van der Waals surface area contributed by atoms with Gasteiger partial charge in [0.15, 0.2) is 0 Å². The molecule has 2 nitrogen and oxygen atoms in total. The van der Waals surface area contributed by atoms with Crippen molar-refractivity contribution in [3.05, 3.63) is 0 Å². The van der Waals surface area contributed by atoms with Crippen molar-refractivity contribution in [3.63, 3.8) is 0 Å². The van der Waals surface area contributed by atoms with E-state index in [4.69, 9.17) is 4.74 Å². The van der Waals surface area contributed by atoms with Crippen molar-refractivity contribution in [1.29, 1.82) is 0 Å². The average molecular weight is 132 g/mol. The molecule has 0 fully saturated rings. The van der Waals surface area contributed by atoms with Gasteiger partial charge in [0.05, 0.1) is 12.7 Å². The Hall–Kier alpha value is -0.0800. The summed E-state index contributed by atoms with van der Waals surface area (Å²) >= 11 is 0. The second kappa shape index (κ2) is 4.77. The first-order valence-electron chi connectivity index (χ1n) is 3.39. The lowest BCUT2D eigenvalue weighted by atomic mass is 10.0. The third kappa shape index (κ3) is 3.49. The van der Waals surface area contributed by atoms with E-state index in [1.165, 1.54) is 0 Å². The summed E-state index contributed by atoms with van der Waals surface area (Å²) in [6.07, 6.45) is 0.606. The van der Waals surface area contributed by atoms with Gasteiger partial charge in [-0.05, 0) is 6.42 Å². The van der Waals surface area contributed by atoms with Gasteiger partial charge >= 0.3 is 0 Å². The predicted molar refractivity (Wildman–Crippen MR) is 37.3 cm³/mol. The highest BCUT2D eigenvalue weighted by atomic mass is 16.5. The molecule has 0 radical (unpaired) electrons. The minimum Gasteiger partial charge on any atom is -0.393 e. The molecule has 1 N–H and O–H groups in total. The van der Waals surface area contributed by atoms with E-state index in [2.05, 4.69) is 0 Å². The Bertz CT molecular complexity index is 63.9. The van der Waals surface area contributed by atoms with Crippen LogP contribution in [0.15, 0.2) is 0 Å². The molecule has 2 atom stereocenters. The van der Waals surface area contributed by atoms with Crippen molar-refractivity contribution in [2.45, 2.75) is 26.4 Å². The van der Waals surface area contributed by atoms with E-state index < -0.39 is 0 Å². The quantitative estimate of drug-likeness (QED) is 0.619. The van der Waals surface area contributed by atoms with Crippen LogP contribution in [0.4, 0.5) is 0 Å². The molecule has 56 valence electrons. The van der Waals surface area contributed by atoms with E-state index in [0.717, 1.165) is 6.42 Å². The van der Waals surface area contributed by atoms with Crippen LogP contribution in [0.2, 0.25) is 0 Å². The summed E-state index contributed by atoms with van der Waals surface area (Å²) in [4.78, 5) is 0. The molecule has 0 aromatic carbocycles. The van der Waals surface area contributed by atoms with Crippen molar-refractivity contribution in [3.8, 4) is 0 Å². The lowest BCUT2D eigenvalue weighted by Crippen LogP contribution is -2.20. The van der Waals surface area contributed by atoms with Gasteiger partial charge in [0.1, 0.15) is 0 Å². The van der Waals surface area contributed by atoms with Crippen LogP contribution in [0, 0.1) is 5.92 Å². The number of ether oxygens (including phenoxy) is 1. The largest absolute Gasteiger partial charge is 0.393 e. The lowest BCUT2D eigenvalue weighted by Gasteiger charge is -2.15. The second-order valence-electron chi connectivity index (χ2n) is 2.41. The topological polar surface area (TPSA) is 29.5 Å². The molecule has 2 heteroatoms. The van der Waals surface area contributed by atoms with Crippen LogP contribution in [-0.4, -0.2) is 24.9 Å². The van der Waals surface area contributed by atoms with Gasteiger partial charge < -0.3 is 9.84 Å². The number of hydrogen-bond donors (Lipinski definition) is 1. The van der Waals surface area contributed by atoms with E-state index in [1.807, 2.05) is 13.8 Å². The number of methoxy groups -OCH3 is 1. The normalized spacial score (nSPS) is 17.3. The molecule has 0 heterocycles. The van der Waals surface area contributed by atoms with Crippen LogP contribution in [-0.2, 0) is 4.74 Å². The van der Waals surface area contributed by atoms with E-state index in [-0.39, 0.29) is 12.0 Å². The predicted octanol–water partition coefficient (Wildman–Crippen LogP) is 1.04. The smallest absolute Gasteiger partial charge is 0.0585 e. The fourth-order valence-electron chi connectivity index (χ4n) is 0.776. The number of aliphatic hydroxyl groups is 1. The SMILES string of the molecule is CCC(O)C(C)COC. The highest BCUT2D eigenvalue weighted by molar-refractivity contribution is 4.60. The summed E-state index contributed by atoms with van der Waals surface area (Å²) in [6.45, 7) is 4.60. The van der Waals surface area contributed by atoms with Crippen LogP contribution in [0.5, 0.6) is 0 Å². The molecule has 0 aliphatic rings. The van der Waals surface area contributed by atoms with Crippen LogP contribution >= 0.6 is 0 Å². The summed E-state index contributed by atoms with van der Waals surface area (Å²) < 4.78 is 4.87. The van der Waals surface area contributed by atoms with Gasteiger partial charge in [0.2, 0.25) is 0 Å². The average Bonchev–Trinajstić information content (AvgIpc) is 1.87. The summed E-state index contributed by atoms with van der Waals surface area (Å²) in [7, 11) is 1.65. The van der Waals surface area contributed by atoms with Gasteiger partial charge in [-0.2, -0.15) is 0 Å². The zero-order chi connectivity index (χ0) is 7.28. The minimum absolute atomic E-state index is 0.204. The third-order valence-corrected chi connectivity index (χ3v) is 1.50. The Morgan fingerprint density at radius 3 is 2.44 bits per heavy atom. The van der Waals surface area contributed by atoms with Gasteiger partial charge in [-0.15, -0.1) is 0 Å². The molecule has 0 spiro atoms. The molecule has 0 bridgehead atoms. The van der Waals surface area contributed by atoms with Crippen molar-refractivity contribution >= 4 is 0 Å². The molecule has 0 saturated heterocycles. The van der Waals surface area contributed by atoms with Gasteiger partial charge in [-0.1, -0.05) is 13.8 Å². The number of aliphatic hydroxyl groups excluding tert-OH is 1. The number of hydrogen-bond acceptors (Lipinski definition) is 2. The Morgan fingerprint density at radius 1 is 1.56 bits per heavy atom. The summed E-state index contributed by atoms with van der Waals surface area (Å²) in [5.41, 5.74) is 0. The second-order valence-corrected chi connectivity index (χ2v) is 2.41. The molecule has 9 heavy (non-hydrogen) atoms. The van der Waals surface area contributed by atoms with Gasteiger partial charge in [-0.3, -0.25) is 0 Å². The van der Waals surface area contributed by atoms with Crippen molar-refractivity contribution in [2.24, 2.45) is 5.92 Å². The van der Waals surface area contributed by atoms with Gasteiger partial charge in [0, 0.05) is 13.0 Å². The van der Waals surface area contributed by atoms with E-state index in [9.17, 15) is 5.11 Å². The lowest BCUT2D eigenvalue weighted by molar-refractivity contribution is 0.0550. The first-order chi connectivity index (χ1) is 4.22. The Balaban J connectivity index is 3.32. The summed E-state index contributed by atoms with van der Waals surface area (Å²) in [5, 5.41) is 9.18. The highest BCUT2D eigenvalue weighted by Crippen LogP contribution is 2.05. The Labute approximate surface area is 56.8 Å². The van der Waals surface area contributed by atoms with Crippen LogP contribution in [0.25, 0.3) is 0 Å². The van der Waals surface area contributed by atoms with Crippen molar-refractivity contribution in [1.82, 2.24) is 0 Å². The van der Waals surface area contributed by atoms with Gasteiger partial charge in [-0.25, -0.2) is 0 Å². The Morgan fingerprint density at radius 2 is 2.11 bits per heavy atom. The van der Waals surface area contributed by atoms with Crippen molar-refractivity contribution in [2.75, 3.05) is 13.7 Å². The molecule has 0 amide bonds. The van der Waals surface area contributed by atoms with Crippen LogP contribution in [0.3, 0.4) is 0 Å². The molecule has 0 aromatic rings. The molecule has 2 unspecified atom stereocenters. The maximum absolute atomic E-state index is 9.18. The molecule has 0 rings (SSSR count). The zero-order valence-corrected chi connectivity index (χ0v) is 6.42. The minimum atomic E-state index is -0.204. The first kappa shape index (κ1) is 8.92. The van der Waals surface area contributed by atoms with E-state index in [1.54, 1.807) is 7.11 Å². The summed E-state index contributed by atoms with van der Waals surface area (Å²) in [6, 6.07) is 0. The molecule has 0 aromatic heterocycles. The maximum atomic E-state index is 9.18. The molecule has 0 aliphatic heterocycles. The molecule has 0 aliphatic carbocycles. The zero-order valence-electron chi connectivity index (χ0n) is 6.42. The third-order valence-electron chi connectivity index (χ3n) is 1.50. The molecule has 0 saturated carbocycles. The highest BCUT2D eigenvalue weighted by Gasteiger charge is 2.10. The van der Waals surface area contributed by atoms with Crippen LogP contribution in [0.1, 0.15) is 20.3 Å². The van der Waals surface area contributed by atoms with Gasteiger partial charge in [0.25, 0.3) is 0 Å². The standard InChI is InChI=1S/C7H16O2/c1-4-7(8)6(2)5-9-3/h6-8H,4-5H2,1-3H3.